The highest BCUT2D eigenvalue weighted by Crippen LogP contribution is 2.64. The Labute approximate surface area is 138 Å². The van der Waals surface area contributed by atoms with Crippen LogP contribution in [-0.2, 0) is 9.59 Å². The molecule has 0 aromatic rings. The molecule has 122 valence electrons. The van der Waals surface area contributed by atoms with Crippen LogP contribution in [0.2, 0.25) is 0 Å². The normalized spacial score (nSPS) is 47.2. The standard InChI is InChI=1S/C21H26O2/c1-4-13-11-15-16-5-6-19(23)21(16,3)10-8-17(15)20(2)9-7-14(22)12-18(13)20/h4,7,9,12,15-17H,5-6,8,10-11H2,1-3H3/t15-,16-,17-,20+,21-/m0/s1. The minimum absolute atomic E-state index is 0.0361. The van der Waals surface area contributed by atoms with Crippen molar-refractivity contribution in [3.05, 3.63) is 35.5 Å². The third-order valence-electron chi connectivity index (χ3n) is 7.53. The highest BCUT2D eigenvalue weighted by atomic mass is 16.1. The molecule has 0 bridgehead atoms. The van der Waals surface area contributed by atoms with Gasteiger partial charge in [0.05, 0.1) is 0 Å². The fourth-order valence-electron chi connectivity index (χ4n) is 6.18. The summed E-state index contributed by atoms with van der Waals surface area (Å²) in [7, 11) is 0. The Balaban J connectivity index is 1.80. The monoisotopic (exact) mass is 310 g/mol. The van der Waals surface area contributed by atoms with Crippen molar-refractivity contribution in [2.45, 2.75) is 52.9 Å². The van der Waals surface area contributed by atoms with Gasteiger partial charge in [-0.1, -0.05) is 26.0 Å². The van der Waals surface area contributed by atoms with E-state index in [9.17, 15) is 9.59 Å². The largest absolute Gasteiger partial charge is 0.299 e. The number of hydrogen-bond donors (Lipinski definition) is 0. The van der Waals surface area contributed by atoms with E-state index >= 15 is 0 Å². The maximum Gasteiger partial charge on any atom is 0.178 e. The summed E-state index contributed by atoms with van der Waals surface area (Å²) in [6.45, 7) is 6.61. The van der Waals surface area contributed by atoms with Gasteiger partial charge in [0.2, 0.25) is 0 Å². The quantitative estimate of drug-likeness (QED) is 0.663. The number of allylic oxidation sites excluding steroid dienone is 6. The van der Waals surface area contributed by atoms with Crippen molar-refractivity contribution in [3.8, 4) is 0 Å². The second-order valence-corrected chi connectivity index (χ2v) is 8.39. The van der Waals surface area contributed by atoms with Crippen molar-refractivity contribution in [1.29, 1.82) is 0 Å². The second-order valence-electron chi connectivity index (χ2n) is 8.39. The van der Waals surface area contributed by atoms with Crippen LogP contribution in [0.25, 0.3) is 0 Å². The molecule has 0 amide bonds. The van der Waals surface area contributed by atoms with Crippen LogP contribution < -0.4 is 0 Å². The van der Waals surface area contributed by atoms with Crippen LogP contribution in [0.3, 0.4) is 0 Å². The molecule has 0 radical (unpaired) electrons. The summed E-state index contributed by atoms with van der Waals surface area (Å²) in [5.41, 5.74) is 2.44. The molecule has 2 nitrogen and oxygen atoms in total. The molecular formula is C21H26O2. The van der Waals surface area contributed by atoms with Gasteiger partial charge in [-0.15, -0.1) is 0 Å². The Morgan fingerprint density at radius 3 is 2.70 bits per heavy atom. The Bertz CT molecular complexity index is 680. The van der Waals surface area contributed by atoms with Gasteiger partial charge in [0, 0.05) is 17.3 Å². The molecule has 0 aromatic carbocycles. The number of ketones is 2. The first kappa shape index (κ1) is 15.1. The SMILES string of the molecule is CC=C1C[C@@H]2[C@H](CC[C@]3(C)C(=O)CC[C@@H]23)[C@@]2(C)C=CC(=O)C=C12. The van der Waals surface area contributed by atoms with Crippen LogP contribution in [0.1, 0.15) is 52.9 Å². The van der Waals surface area contributed by atoms with Gasteiger partial charge in [-0.25, -0.2) is 0 Å². The number of Topliss-reactive ketones (excluding diaryl/α,β-unsaturated/α-hetero) is 1. The molecular weight excluding hydrogens is 284 g/mol. The van der Waals surface area contributed by atoms with Crippen molar-refractivity contribution in [2.24, 2.45) is 28.6 Å². The third kappa shape index (κ3) is 1.87. The van der Waals surface area contributed by atoms with Crippen LogP contribution in [0, 0.1) is 28.6 Å². The Morgan fingerprint density at radius 1 is 1.17 bits per heavy atom. The number of fused-ring (bicyclic) bond motifs is 5. The molecule has 0 unspecified atom stereocenters. The van der Waals surface area contributed by atoms with Gasteiger partial charge in [-0.05, 0) is 73.7 Å². The van der Waals surface area contributed by atoms with Crippen LogP contribution in [0.4, 0.5) is 0 Å². The fraction of sp³-hybridized carbons (Fsp3) is 0.619. The van der Waals surface area contributed by atoms with Gasteiger partial charge in [-0.2, -0.15) is 0 Å². The fourth-order valence-corrected chi connectivity index (χ4v) is 6.18. The minimum atomic E-state index is -0.0915. The smallest absolute Gasteiger partial charge is 0.178 e. The lowest BCUT2D eigenvalue weighted by atomic mass is 9.47. The molecule has 5 atom stereocenters. The average molecular weight is 310 g/mol. The number of rotatable bonds is 0. The van der Waals surface area contributed by atoms with Crippen molar-refractivity contribution < 1.29 is 9.59 Å². The first-order valence-corrected chi connectivity index (χ1v) is 9.04. The molecule has 0 heterocycles. The highest BCUT2D eigenvalue weighted by molar-refractivity contribution is 6.02. The molecule has 23 heavy (non-hydrogen) atoms. The van der Waals surface area contributed by atoms with E-state index in [0.717, 1.165) is 32.1 Å². The Kier molecular flexibility index (Phi) is 3.14. The van der Waals surface area contributed by atoms with Crippen LogP contribution in [0.5, 0.6) is 0 Å². The molecule has 0 spiro atoms. The zero-order chi connectivity index (χ0) is 16.4. The van der Waals surface area contributed by atoms with Gasteiger partial charge in [0.1, 0.15) is 5.78 Å². The van der Waals surface area contributed by atoms with E-state index in [1.165, 1.54) is 11.1 Å². The summed E-state index contributed by atoms with van der Waals surface area (Å²) >= 11 is 0. The average Bonchev–Trinajstić information content (AvgIpc) is 2.83. The lowest BCUT2D eigenvalue weighted by molar-refractivity contribution is -0.131. The lowest BCUT2D eigenvalue weighted by Crippen LogP contribution is -2.50. The van der Waals surface area contributed by atoms with Gasteiger partial charge < -0.3 is 0 Å². The van der Waals surface area contributed by atoms with Gasteiger partial charge in [0.15, 0.2) is 5.78 Å². The Hall–Kier alpha value is -1.44. The van der Waals surface area contributed by atoms with Crippen molar-refractivity contribution in [3.63, 3.8) is 0 Å². The molecule has 4 aliphatic carbocycles. The molecule has 3 fully saturated rings. The van der Waals surface area contributed by atoms with Crippen molar-refractivity contribution >= 4 is 11.6 Å². The number of hydrogen-bond acceptors (Lipinski definition) is 2. The van der Waals surface area contributed by atoms with Crippen molar-refractivity contribution in [1.82, 2.24) is 0 Å². The molecule has 0 aliphatic heterocycles. The maximum atomic E-state index is 12.5. The summed E-state index contributed by atoms with van der Waals surface area (Å²) in [6.07, 6.45) is 13.0. The van der Waals surface area contributed by atoms with E-state index in [2.05, 4.69) is 32.9 Å². The van der Waals surface area contributed by atoms with E-state index in [-0.39, 0.29) is 16.6 Å². The number of carbonyl (C=O) groups excluding carboxylic acids is 2. The first-order valence-electron chi connectivity index (χ1n) is 9.04. The van der Waals surface area contributed by atoms with Crippen molar-refractivity contribution in [2.75, 3.05) is 0 Å². The first-order chi connectivity index (χ1) is 10.9. The lowest BCUT2D eigenvalue weighted by Gasteiger charge is -2.56. The summed E-state index contributed by atoms with van der Waals surface area (Å²) in [5, 5.41) is 0. The molecule has 4 aliphatic rings. The van der Waals surface area contributed by atoms with E-state index in [1.54, 1.807) is 6.08 Å². The maximum absolute atomic E-state index is 12.5. The molecule has 3 saturated carbocycles. The molecule has 2 heteroatoms. The topological polar surface area (TPSA) is 34.1 Å². The van der Waals surface area contributed by atoms with Gasteiger partial charge >= 0.3 is 0 Å². The van der Waals surface area contributed by atoms with E-state index < -0.39 is 0 Å². The minimum Gasteiger partial charge on any atom is -0.299 e. The van der Waals surface area contributed by atoms with E-state index in [4.69, 9.17) is 0 Å². The summed E-state index contributed by atoms with van der Waals surface area (Å²) in [5.74, 6) is 2.26. The highest BCUT2D eigenvalue weighted by Gasteiger charge is 2.59. The zero-order valence-electron chi connectivity index (χ0n) is 14.4. The molecule has 0 saturated heterocycles. The second kappa shape index (κ2) is 4.78. The van der Waals surface area contributed by atoms with E-state index in [0.29, 0.717) is 23.5 Å². The van der Waals surface area contributed by atoms with Crippen LogP contribution in [-0.4, -0.2) is 11.6 Å². The van der Waals surface area contributed by atoms with Gasteiger partial charge in [-0.3, -0.25) is 9.59 Å². The summed E-state index contributed by atoms with van der Waals surface area (Å²) in [6, 6.07) is 0. The predicted octanol–water partition coefficient (Wildman–Crippen LogP) is 4.42. The van der Waals surface area contributed by atoms with Crippen LogP contribution >= 0.6 is 0 Å². The molecule has 0 N–H and O–H groups in total. The van der Waals surface area contributed by atoms with Gasteiger partial charge in [0.25, 0.3) is 0 Å². The summed E-state index contributed by atoms with van der Waals surface area (Å²) < 4.78 is 0. The zero-order valence-corrected chi connectivity index (χ0v) is 14.4. The summed E-state index contributed by atoms with van der Waals surface area (Å²) in [4.78, 5) is 24.4. The third-order valence-corrected chi connectivity index (χ3v) is 7.53. The van der Waals surface area contributed by atoms with E-state index in [1.807, 2.05) is 6.08 Å². The van der Waals surface area contributed by atoms with Crippen LogP contribution in [0.15, 0.2) is 35.5 Å². The predicted molar refractivity (Wildman–Crippen MR) is 90.8 cm³/mol. The Morgan fingerprint density at radius 2 is 1.96 bits per heavy atom. The molecule has 4 rings (SSSR count). The number of carbonyl (C=O) groups is 2. The molecule has 0 aromatic heterocycles.